The second-order valence-corrected chi connectivity index (χ2v) is 5.91. The Balaban J connectivity index is 2.58. The normalized spacial score (nSPS) is 12.2. The minimum Gasteiger partial charge on any atom is -0.0907 e. The number of hydrogen-bond donors (Lipinski definition) is 0. The van der Waals surface area contributed by atoms with Crippen LogP contribution in [0, 0.1) is 0 Å². The van der Waals surface area contributed by atoms with Gasteiger partial charge in [0.25, 0.3) is 0 Å². The summed E-state index contributed by atoms with van der Waals surface area (Å²) in [6.07, 6.45) is 2.55. The quantitative estimate of drug-likeness (QED) is 0.651. The largest absolute Gasteiger partial charge is 0.0907 e. The maximum atomic E-state index is 2.28. The van der Waals surface area contributed by atoms with Gasteiger partial charge in [0.1, 0.15) is 0 Å². The molecular weight excluding hydrogens is 182 g/mol. The molecule has 2 unspecified atom stereocenters. The van der Waals surface area contributed by atoms with Crippen molar-refractivity contribution >= 4 is 27.8 Å². The van der Waals surface area contributed by atoms with E-state index >= 15 is 0 Å². The summed E-state index contributed by atoms with van der Waals surface area (Å²) in [5.74, 6) is 0. The van der Waals surface area contributed by atoms with Crippen molar-refractivity contribution in [2.45, 2.75) is 13.8 Å². The Kier molecular flexibility index (Phi) is 4.81. The molecule has 0 bridgehead atoms. The maximum Gasteiger partial charge on any atom is -0.0271 e. The smallest absolute Gasteiger partial charge is 0.0271 e. The van der Waals surface area contributed by atoms with Gasteiger partial charge in [-0.05, 0) is 22.9 Å². The van der Waals surface area contributed by atoms with Gasteiger partial charge in [-0.1, -0.05) is 55.3 Å². The van der Waals surface area contributed by atoms with Crippen LogP contribution < -0.4 is 10.6 Å². The van der Waals surface area contributed by atoms with Gasteiger partial charge in [0.05, 0.1) is 0 Å². The molecule has 0 fully saturated rings. The first kappa shape index (κ1) is 10.2. The molecule has 2 atom stereocenters. The molecule has 12 heavy (non-hydrogen) atoms. The van der Waals surface area contributed by atoms with Gasteiger partial charge in [0.15, 0.2) is 0 Å². The van der Waals surface area contributed by atoms with Crippen LogP contribution in [0.3, 0.4) is 0 Å². The van der Waals surface area contributed by atoms with Gasteiger partial charge in [-0.15, -0.1) is 0 Å². The summed E-state index contributed by atoms with van der Waals surface area (Å²) in [7, 11) is 1.98. The van der Waals surface area contributed by atoms with Crippen LogP contribution in [0.15, 0.2) is 24.3 Å². The van der Waals surface area contributed by atoms with E-state index in [-0.39, 0.29) is 0 Å². The Morgan fingerprint density at radius 2 is 1.17 bits per heavy atom. The Hall–Kier alpha value is 0.0800. The van der Waals surface area contributed by atoms with Crippen molar-refractivity contribution in [2.75, 3.05) is 12.3 Å². The van der Waals surface area contributed by atoms with Crippen molar-refractivity contribution in [1.29, 1.82) is 0 Å². The van der Waals surface area contributed by atoms with Gasteiger partial charge in [0.2, 0.25) is 0 Å². The summed E-state index contributed by atoms with van der Waals surface area (Å²) in [4.78, 5) is 0. The Labute approximate surface area is 78.7 Å². The van der Waals surface area contributed by atoms with E-state index < -0.39 is 0 Å². The van der Waals surface area contributed by atoms with E-state index in [1.165, 1.54) is 22.9 Å². The van der Waals surface area contributed by atoms with E-state index in [4.69, 9.17) is 0 Å². The molecule has 1 rings (SSSR count). The number of rotatable bonds is 4. The van der Waals surface area contributed by atoms with E-state index in [1.807, 2.05) is 0 Å². The lowest BCUT2D eigenvalue weighted by Crippen LogP contribution is -2.00. The third-order valence-electron chi connectivity index (χ3n) is 1.65. The van der Waals surface area contributed by atoms with Crippen molar-refractivity contribution in [3.8, 4) is 0 Å². The van der Waals surface area contributed by atoms with Gasteiger partial charge >= 0.3 is 0 Å². The Morgan fingerprint density at radius 3 is 1.42 bits per heavy atom. The second kappa shape index (κ2) is 5.68. The average molecular weight is 198 g/mol. The standard InChI is InChI=1S/C10H16P2/c1-3-11-9-5-7-10(8-6-9)12-4-2/h5-8,11-12H,3-4H2,1-2H3. The third kappa shape index (κ3) is 3.21. The number of benzene rings is 1. The molecule has 1 aromatic carbocycles. The predicted octanol–water partition coefficient (Wildman–Crippen LogP) is 2.33. The van der Waals surface area contributed by atoms with E-state index in [0.29, 0.717) is 0 Å². The highest BCUT2D eigenvalue weighted by molar-refractivity contribution is 7.47. The monoisotopic (exact) mass is 198 g/mol. The molecule has 0 nitrogen and oxygen atoms in total. The summed E-state index contributed by atoms with van der Waals surface area (Å²) in [6.45, 7) is 4.47. The molecule has 0 aromatic heterocycles. The molecule has 0 aliphatic heterocycles. The molecule has 0 N–H and O–H groups in total. The zero-order valence-corrected chi connectivity index (χ0v) is 9.72. The summed E-state index contributed by atoms with van der Waals surface area (Å²) >= 11 is 0. The highest BCUT2D eigenvalue weighted by atomic mass is 31.1. The van der Waals surface area contributed by atoms with Crippen molar-refractivity contribution in [1.82, 2.24) is 0 Å². The molecule has 66 valence electrons. The topological polar surface area (TPSA) is 0 Å². The van der Waals surface area contributed by atoms with Crippen molar-refractivity contribution in [2.24, 2.45) is 0 Å². The Morgan fingerprint density at radius 1 is 0.833 bits per heavy atom. The van der Waals surface area contributed by atoms with Gasteiger partial charge < -0.3 is 0 Å². The molecule has 1 aromatic rings. The fourth-order valence-corrected chi connectivity index (χ4v) is 2.74. The summed E-state index contributed by atoms with van der Waals surface area (Å²) in [5.41, 5.74) is 0. The highest BCUT2D eigenvalue weighted by Crippen LogP contribution is 2.11. The van der Waals surface area contributed by atoms with E-state index in [9.17, 15) is 0 Å². The first-order valence-electron chi connectivity index (χ1n) is 4.44. The fraction of sp³-hybridized carbons (Fsp3) is 0.400. The van der Waals surface area contributed by atoms with Crippen LogP contribution in [-0.2, 0) is 0 Å². The molecule has 2 heteroatoms. The van der Waals surface area contributed by atoms with Gasteiger partial charge in [-0.2, -0.15) is 0 Å². The molecule has 0 saturated heterocycles. The van der Waals surface area contributed by atoms with Crippen LogP contribution in [0.25, 0.3) is 0 Å². The lowest BCUT2D eigenvalue weighted by Gasteiger charge is -2.01. The Bertz CT molecular complexity index is 191. The summed E-state index contributed by atoms with van der Waals surface area (Å²) in [5, 5.41) is 3.00. The second-order valence-electron chi connectivity index (χ2n) is 2.64. The zero-order valence-electron chi connectivity index (χ0n) is 7.72. The molecule has 0 heterocycles. The van der Waals surface area contributed by atoms with Crippen LogP contribution in [0.2, 0.25) is 0 Å². The molecule has 0 aliphatic rings. The molecule has 0 radical (unpaired) electrons. The average Bonchev–Trinajstić information content (AvgIpc) is 2.09. The number of hydrogen-bond acceptors (Lipinski definition) is 0. The van der Waals surface area contributed by atoms with Gasteiger partial charge in [-0.3, -0.25) is 0 Å². The van der Waals surface area contributed by atoms with E-state index in [1.54, 1.807) is 0 Å². The lowest BCUT2D eigenvalue weighted by molar-refractivity contribution is 1.52. The van der Waals surface area contributed by atoms with Crippen LogP contribution in [0.5, 0.6) is 0 Å². The molecule has 0 spiro atoms. The maximum absolute atomic E-state index is 2.28. The van der Waals surface area contributed by atoms with Crippen LogP contribution >= 0.6 is 17.2 Å². The minimum atomic E-state index is 0.989. The van der Waals surface area contributed by atoms with Crippen LogP contribution in [-0.4, -0.2) is 12.3 Å². The zero-order chi connectivity index (χ0) is 8.81. The van der Waals surface area contributed by atoms with Crippen LogP contribution in [0.4, 0.5) is 0 Å². The van der Waals surface area contributed by atoms with Gasteiger partial charge in [0, 0.05) is 0 Å². The van der Waals surface area contributed by atoms with E-state index in [0.717, 1.165) is 17.2 Å². The molecule has 0 saturated carbocycles. The lowest BCUT2D eigenvalue weighted by atomic mass is 10.4. The van der Waals surface area contributed by atoms with Crippen molar-refractivity contribution in [3.63, 3.8) is 0 Å². The van der Waals surface area contributed by atoms with Crippen LogP contribution in [0.1, 0.15) is 13.8 Å². The molecular formula is C10H16P2. The predicted molar refractivity (Wildman–Crippen MR) is 63.4 cm³/mol. The highest BCUT2D eigenvalue weighted by Gasteiger charge is 1.91. The third-order valence-corrected chi connectivity index (χ3v) is 3.84. The fourth-order valence-electron chi connectivity index (χ4n) is 1.11. The van der Waals surface area contributed by atoms with E-state index in [2.05, 4.69) is 38.1 Å². The minimum absolute atomic E-state index is 0.989. The molecule has 0 amide bonds. The van der Waals surface area contributed by atoms with Gasteiger partial charge in [-0.25, -0.2) is 0 Å². The van der Waals surface area contributed by atoms with Crippen molar-refractivity contribution in [3.05, 3.63) is 24.3 Å². The van der Waals surface area contributed by atoms with Crippen molar-refractivity contribution < 1.29 is 0 Å². The summed E-state index contributed by atoms with van der Waals surface area (Å²) < 4.78 is 0. The SMILES string of the molecule is CCPc1ccc(PCC)cc1. The molecule has 0 aliphatic carbocycles. The first-order valence-corrected chi connectivity index (χ1v) is 6.86. The first-order chi connectivity index (χ1) is 5.86. The summed E-state index contributed by atoms with van der Waals surface area (Å²) in [6, 6.07) is 9.11.